The molecule has 0 spiro atoms. The lowest BCUT2D eigenvalue weighted by Crippen LogP contribution is -2.37. The molecule has 0 bridgehead atoms. The summed E-state index contributed by atoms with van der Waals surface area (Å²) in [7, 11) is 1.63. The molecule has 6 heteroatoms. The topological polar surface area (TPSA) is 54.5 Å². The minimum absolute atomic E-state index is 0.0397. The smallest absolute Gasteiger partial charge is 0.261 e. The minimum Gasteiger partial charge on any atom is -0.336 e. The van der Waals surface area contributed by atoms with E-state index in [2.05, 4.69) is 0 Å². The van der Waals surface area contributed by atoms with Crippen molar-refractivity contribution in [2.45, 2.75) is 52.5 Å². The van der Waals surface area contributed by atoms with E-state index in [0.29, 0.717) is 23.2 Å². The average Bonchev–Trinajstić information content (AvgIpc) is 2.25. The van der Waals surface area contributed by atoms with Gasteiger partial charge in [0.1, 0.15) is 0 Å². The molecule has 0 radical (unpaired) electrons. The summed E-state index contributed by atoms with van der Waals surface area (Å²) in [5.41, 5.74) is 2.17. The Kier molecular flexibility index (Phi) is 5.45. The van der Waals surface area contributed by atoms with Gasteiger partial charge >= 0.3 is 0 Å². The Balaban J connectivity index is 3.62. The number of nitrogens with zero attached hydrogens (tertiary/aromatic N) is 1. The number of rotatable bonds is 4. The van der Waals surface area contributed by atoms with Crippen LogP contribution < -0.4 is 0 Å². The molecule has 0 saturated heterocycles. The molecule has 1 aromatic carbocycles. The summed E-state index contributed by atoms with van der Waals surface area (Å²) in [6.07, 6.45) is 0. The van der Waals surface area contributed by atoms with Crippen LogP contribution in [0.3, 0.4) is 0 Å². The lowest BCUT2D eigenvalue weighted by molar-refractivity contribution is 0.0715. The second kappa shape index (κ2) is 6.36. The first-order chi connectivity index (χ1) is 9.52. The Bertz CT molecular complexity index is 666. The molecule has 0 saturated carbocycles. The third kappa shape index (κ3) is 3.58. The van der Waals surface area contributed by atoms with Gasteiger partial charge in [0.05, 0.1) is 4.90 Å². The molecule has 21 heavy (non-hydrogen) atoms. The van der Waals surface area contributed by atoms with Crippen molar-refractivity contribution in [3.05, 3.63) is 28.3 Å². The number of amides is 1. The van der Waals surface area contributed by atoms with Crippen LogP contribution in [-0.2, 0) is 9.05 Å². The fourth-order valence-corrected chi connectivity index (χ4v) is 4.38. The van der Waals surface area contributed by atoms with E-state index in [4.69, 9.17) is 10.7 Å². The van der Waals surface area contributed by atoms with Gasteiger partial charge in [0.2, 0.25) is 0 Å². The zero-order valence-electron chi connectivity index (χ0n) is 13.3. The number of aryl methyl sites for hydroxylation is 2. The third-order valence-electron chi connectivity index (χ3n) is 3.58. The monoisotopic (exact) mass is 331 g/mol. The summed E-state index contributed by atoms with van der Waals surface area (Å²) in [4.78, 5) is 14.5. The molecule has 0 fully saturated rings. The Labute approximate surface area is 131 Å². The zero-order valence-corrected chi connectivity index (χ0v) is 14.9. The Morgan fingerprint density at radius 3 is 2.14 bits per heavy atom. The fraction of sp³-hybridized carbons (Fsp3) is 0.533. The molecule has 0 unspecified atom stereocenters. The van der Waals surface area contributed by atoms with Crippen molar-refractivity contribution in [1.82, 2.24) is 4.90 Å². The van der Waals surface area contributed by atoms with Gasteiger partial charge in [0.25, 0.3) is 15.0 Å². The number of carbonyl (C=O) groups excluding carboxylic acids is 1. The van der Waals surface area contributed by atoms with E-state index in [0.717, 1.165) is 5.56 Å². The van der Waals surface area contributed by atoms with Crippen molar-refractivity contribution < 1.29 is 13.2 Å². The second-order valence-corrected chi connectivity index (χ2v) is 7.97. The van der Waals surface area contributed by atoms with Gasteiger partial charge in [-0.1, -0.05) is 6.07 Å². The second-order valence-electron chi connectivity index (χ2n) is 5.46. The van der Waals surface area contributed by atoms with Crippen LogP contribution >= 0.6 is 10.7 Å². The standard InChI is InChI=1S/C15H22ClNO3S/c1-7-17(9(2)3)15(18)13-10(4)8-11(5)14(12(13)6)21(16,19)20/h8-9H,7H2,1-6H3. The van der Waals surface area contributed by atoms with E-state index in [1.54, 1.807) is 24.8 Å². The molecule has 0 aromatic heterocycles. The van der Waals surface area contributed by atoms with Gasteiger partial charge in [0.15, 0.2) is 0 Å². The average molecular weight is 332 g/mol. The van der Waals surface area contributed by atoms with Gasteiger partial charge < -0.3 is 4.90 Å². The summed E-state index contributed by atoms with van der Waals surface area (Å²) >= 11 is 0. The highest BCUT2D eigenvalue weighted by atomic mass is 35.7. The van der Waals surface area contributed by atoms with Gasteiger partial charge in [-0.2, -0.15) is 0 Å². The SMILES string of the molecule is CCN(C(=O)c1c(C)cc(C)c(S(=O)(=O)Cl)c1C)C(C)C. The van der Waals surface area contributed by atoms with E-state index >= 15 is 0 Å². The number of hydrogen-bond donors (Lipinski definition) is 0. The van der Waals surface area contributed by atoms with Crippen molar-refractivity contribution in [2.75, 3.05) is 6.54 Å². The van der Waals surface area contributed by atoms with Crippen LogP contribution in [0, 0.1) is 20.8 Å². The summed E-state index contributed by atoms with van der Waals surface area (Å²) in [5.74, 6) is -0.163. The Morgan fingerprint density at radius 2 is 1.76 bits per heavy atom. The molecule has 0 aliphatic rings. The predicted octanol–water partition coefficient (Wildman–Crippen LogP) is 3.41. The molecule has 0 N–H and O–H groups in total. The zero-order chi connectivity index (χ0) is 16.5. The first-order valence-electron chi connectivity index (χ1n) is 6.88. The molecule has 1 aromatic rings. The van der Waals surface area contributed by atoms with Crippen LogP contribution in [0.25, 0.3) is 0 Å². The van der Waals surface area contributed by atoms with Gasteiger partial charge in [-0.05, 0) is 58.2 Å². The van der Waals surface area contributed by atoms with Crippen molar-refractivity contribution in [1.29, 1.82) is 0 Å². The Hall–Kier alpha value is -1.07. The molecule has 118 valence electrons. The number of carbonyl (C=O) groups is 1. The van der Waals surface area contributed by atoms with Crippen LogP contribution in [0.2, 0.25) is 0 Å². The van der Waals surface area contributed by atoms with E-state index in [1.165, 1.54) is 0 Å². The summed E-state index contributed by atoms with van der Waals surface area (Å²) in [6, 6.07) is 1.74. The summed E-state index contributed by atoms with van der Waals surface area (Å²) in [5, 5.41) is 0. The number of benzene rings is 1. The van der Waals surface area contributed by atoms with Crippen molar-refractivity contribution >= 4 is 25.6 Å². The van der Waals surface area contributed by atoms with E-state index in [9.17, 15) is 13.2 Å². The van der Waals surface area contributed by atoms with Gasteiger partial charge in [-0.25, -0.2) is 8.42 Å². The molecule has 0 aliphatic carbocycles. The summed E-state index contributed by atoms with van der Waals surface area (Å²) in [6.45, 7) is 11.5. The van der Waals surface area contributed by atoms with Crippen LogP contribution in [0.5, 0.6) is 0 Å². The third-order valence-corrected chi connectivity index (χ3v) is 5.16. The number of hydrogen-bond acceptors (Lipinski definition) is 3. The highest BCUT2D eigenvalue weighted by Gasteiger charge is 2.26. The largest absolute Gasteiger partial charge is 0.336 e. The number of halogens is 1. The maximum atomic E-state index is 12.7. The highest BCUT2D eigenvalue weighted by Crippen LogP contribution is 2.30. The van der Waals surface area contributed by atoms with Crippen molar-refractivity contribution in [3.63, 3.8) is 0 Å². The van der Waals surface area contributed by atoms with E-state index in [-0.39, 0.29) is 16.8 Å². The lowest BCUT2D eigenvalue weighted by Gasteiger charge is -2.27. The van der Waals surface area contributed by atoms with Gasteiger partial charge in [-0.3, -0.25) is 4.79 Å². The van der Waals surface area contributed by atoms with Crippen LogP contribution in [0.15, 0.2) is 11.0 Å². The summed E-state index contributed by atoms with van der Waals surface area (Å²) < 4.78 is 23.5. The first kappa shape index (κ1) is 18.0. The van der Waals surface area contributed by atoms with Crippen molar-refractivity contribution in [2.24, 2.45) is 0 Å². The van der Waals surface area contributed by atoms with Crippen LogP contribution in [0.4, 0.5) is 0 Å². The maximum Gasteiger partial charge on any atom is 0.261 e. The van der Waals surface area contributed by atoms with Crippen LogP contribution in [0.1, 0.15) is 47.8 Å². The van der Waals surface area contributed by atoms with Gasteiger partial charge in [-0.15, -0.1) is 0 Å². The fourth-order valence-electron chi connectivity index (χ4n) is 2.76. The molecule has 0 heterocycles. The molecule has 4 nitrogen and oxygen atoms in total. The van der Waals surface area contributed by atoms with Gasteiger partial charge in [0, 0.05) is 28.8 Å². The lowest BCUT2D eigenvalue weighted by atomic mass is 9.98. The minimum atomic E-state index is -3.89. The van der Waals surface area contributed by atoms with Crippen LogP contribution in [-0.4, -0.2) is 31.8 Å². The maximum absolute atomic E-state index is 12.7. The van der Waals surface area contributed by atoms with Crippen molar-refractivity contribution in [3.8, 4) is 0 Å². The molecular weight excluding hydrogens is 310 g/mol. The molecule has 1 rings (SSSR count). The Morgan fingerprint density at radius 1 is 1.24 bits per heavy atom. The molecular formula is C15H22ClNO3S. The van der Waals surface area contributed by atoms with E-state index in [1.807, 2.05) is 27.7 Å². The molecule has 1 amide bonds. The molecule has 0 atom stereocenters. The normalized spacial score (nSPS) is 11.8. The predicted molar refractivity (Wildman–Crippen MR) is 85.5 cm³/mol. The quantitative estimate of drug-likeness (QED) is 0.794. The van der Waals surface area contributed by atoms with E-state index < -0.39 is 9.05 Å². The highest BCUT2D eigenvalue weighted by molar-refractivity contribution is 8.13. The molecule has 0 aliphatic heterocycles. The first-order valence-corrected chi connectivity index (χ1v) is 9.19.